The third-order valence-electron chi connectivity index (χ3n) is 3.37. The molecule has 1 aliphatic heterocycles. The summed E-state index contributed by atoms with van der Waals surface area (Å²) in [5.74, 6) is 0.176. The molecule has 0 aliphatic carbocycles. The van der Waals surface area contributed by atoms with Crippen LogP contribution >= 0.6 is 0 Å². The van der Waals surface area contributed by atoms with Gasteiger partial charge in [-0.3, -0.25) is 4.57 Å². The molecule has 4 N–H and O–H groups in total. The second-order valence-electron chi connectivity index (χ2n) is 4.75. The van der Waals surface area contributed by atoms with Gasteiger partial charge in [0.15, 0.2) is 23.9 Å². The highest BCUT2D eigenvalue weighted by Gasteiger charge is 2.47. The van der Waals surface area contributed by atoms with E-state index in [0.29, 0.717) is 11.2 Å². The van der Waals surface area contributed by atoms with Gasteiger partial charge in [-0.1, -0.05) is 0 Å². The smallest absolute Gasteiger partial charge is 0.173 e. The van der Waals surface area contributed by atoms with Gasteiger partial charge in [-0.2, -0.15) is 0 Å². The Kier molecular flexibility index (Phi) is 3.04. The zero-order valence-corrected chi connectivity index (χ0v) is 10.6. The van der Waals surface area contributed by atoms with E-state index in [9.17, 15) is 14.6 Å². The van der Waals surface area contributed by atoms with E-state index in [4.69, 9.17) is 10.5 Å². The number of aromatic nitrogens is 4. The Morgan fingerprint density at radius 3 is 2.85 bits per heavy atom. The molecule has 1 aliphatic rings. The average molecular weight is 283 g/mol. The van der Waals surface area contributed by atoms with Crippen LogP contribution in [0.5, 0.6) is 0 Å². The molecule has 2 aromatic rings. The fraction of sp³-hybridized carbons (Fsp3) is 0.545. The first kappa shape index (κ1) is 13.2. The Labute approximate surface area is 113 Å². The van der Waals surface area contributed by atoms with Gasteiger partial charge in [-0.25, -0.2) is 19.3 Å². The monoisotopic (exact) mass is 283 g/mol. The lowest BCUT2D eigenvalue weighted by Gasteiger charge is -2.17. The van der Waals surface area contributed by atoms with E-state index in [1.54, 1.807) is 0 Å². The van der Waals surface area contributed by atoms with Crippen LogP contribution in [0.1, 0.15) is 13.2 Å². The van der Waals surface area contributed by atoms with Crippen LogP contribution < -0.4 is 5.73 Å². The Bertz CT molecular complexity index is 634. The zero-order chi connectivity index (χ0) is 14.4. The van der Waals surface area contributed by atoms with Crippen LogP contribution in [0, 0.1) is 0 Å². The minimum atomic E-state index is -1.71. The number of nitrogen functional groups attached to an aromatic ring is 1. The number of alkyl halides is 1. The maximum absolute atomic E-state index is 14.2. The first-order valence-electron chi connectivity index (χ1n) is 6.09. The zero-order valence-electron chi connectivity index (χ0n) is 10.6. The Morgan fingerprint density at radius 2 is 2.20 bits per heavy atom. The van der Waals surface area contributed by atoms with Crippen molar-refractivity contribution in [3.63, 3.8) is 0 Å². The molecule has 3 heterocycles. The number of halogens is 1. The second kappa shape index (κ2) is 4.62. The van der Waals surface area contributed by atoms with Crippen molar-refractivity contribution in [3.05, 3.63) is 12.7 Å². The van der Waals surface area contributed by atoms with Crippen molar-refractivity contribution < 1.29 is 19.3 Å². The molecule has 2 aromatic heterocycles. The van der Waals surface area contributed by atoms with E-state index in [1.807, 2.05) is 0 Å². The first-order valence-corrected chi connectivity index (χ1v) is 6.09. The maximum Gasteiger partial charge on any atom is 0.173 e. The molecule has 108 valence electrons. The van der Waals surface area contributed by atoms with Crippen molar-refractivity contribution in [2.24, 2.45) is 0 Å². The summed E-state index contributed by atoms with van der Waals surface area (Å²) in [4.78, 5) is 11.8. The molecule has 0 radical (unpaired) electrons. The number of hydrogen-bond acceptors (Lipinski definition) is 7. The summed E-state index contributed by atoms with van der Waals surface area (Å²) in [6, 6.07) is 0. The van der Waals surface area contributed by atoms with Crippen molar-refractivity contribution in [2.75, 3.05) is 5.73 Å². The lowest BCUT2D eigenvalue weighted by atomic mass is 10.1. The van der Waals surface area contributed by atoms with Crippen molar-refractivity contribution >= 4 is 17.0 Å². The van der Waals surface area contributed by atoms with Gasteiger partial charge in [0.2, 0.25) is 0 Å². The fourth-order valence-electron chi connectivity index (χ4n) is 2.34. The SMILES string of the molecule is CC(O)[C@H]1O[C@@H](n2cnc3c(N)ncnc32)[C@H](F)[C@@H]1O. The topological polar surface area (TPSA) is 119 Å². The molecule has 8 nitrogen and oxygen atoms in total. The number of aliphatic hydroxyl groups excluding tert-OH is 2. The van der Waals surface area contributed by atoms with Crippen LogP contribution in [-0.2, 0) is 4.74 Å². The summed E-state index contributed by atoms with van der Waals surface area (Å²) in [5.41, 5.74) is 6.30. The molecule has 9 heteroatoms. The third-order valence-corrected chi connectivity index (χ3v) is 3.37. The predicted octanol–water partition coefficient (Wildman–Crippen LogP) is -0.614. The molecular formula is C11H14FN5O3. The Hall–Kier alpha value is -1.84. The summed E-state index contributed by atoms with van der Waals surface area (Å²) in [5, 5.41) is 19.3. The lowest BCUT2D eigenvalue weighted by molar-refractivity contribution is -0.0761. The van der Waals surface area contributed by atoms with Crippen LogP contribution in [0.2, 0.25) is 0 Å². The van der Waals surface area contributed by atoms with Gasteiger partial charge in [-0.15, -0.1) is 0 Å². The molecule has 0 saturated carbocycles. The number of anilines is 1. The Balaban J connectivity index is 2.02. The number of imidazole rings is 1. The van der Waals surface area contributed by atoms with Crippen molar-refractivity contribution in [1.82, 2.24) is 19.5 Å². The maximum atomic E-state index is 14.2. The van der Waals surface area contributed by atoms with E-state index in [0.717, 1.165) is 0 Å². The quantitative estimate of drug-likeness (QED) is 0.672. The molecule has 0 aromatic carbocycles. The summed E-state index contributed by atoms with van der Waals surface area (Å²) < 4.78 is 20.9. The number of nitrogens with zero attached hydrogens (tertiary/aromatic N) is 4. The van der Waals surface area contributed by atoms with Gasteiger partial charge >= 0.3 is 0 Å². The second-order valence-corrected chi connectivity index (χ2v) is 4.75. The largest absolute Gasteiger partial charge is 0.391 e. The number of nitrogens with two attached hydrogens (primary N) is 1. The van der Waals surface area contributed by atoms with E-state index in [-0.39, 0.29) is 5.82 Å². The van der Waals surface area contributed by atoms with Crippen LogP contribution in [0.25, 0.3) is 11.2 Å². The molecule has 0 amide bonds. The highest BCUT2D eigenvalue weighted by molar-refractivity contribution is 5.81. The number of ether oxygens (including phenoxy) is 1. The van der Waals surface area contributed by atoms with Crippen LogP contribution in [-0.4, -0.2) is 54.2 Å². The summed E-state index contributed by atoms with van der Waals surface area (Å²) in [6.45, 7) is 1.43. The highest BCUT2D eigenvalue weighted by Crippen LogP contribution is 2.35. The van der Waals surface area contributed by atoms with Gasteiger partial charge < -0.3 is 20.7 Å². The summed E-state index contributed by atoms with van der Waals surface area (Å²) in [6.07, 6.45) is -3.69. The Morgan fingerprint density at radius 1 is 1.45 bits per heavy atom. The van der Waals surface area contributed by atoms with E-state index in [2.05, 4.69) is 15.0 Å². The minimum Gasteiger partial charge on any atom is -0.391 e. The van der Waals surface area contributed by atoms with Gasteiger partial charge in [-0.05, 0) is 6.92 Å². The molecule has 1 fully saturated rings. The molecule has 3 rings (SSSR count). The minimum absolute atomic E-state index is 0.176. The highest BCUT2D eigenvalue weighted by atomic mass is 19.1. The number of aliphatic hydroxyl groups is 2. The molecule has 1 unspecified atom stereocenters. The van der Waals surface area contributed by atoms with E-state index < -0.39 is 30.7 Å². The van der Waals surface area contributed by atoms with Gasteiger partial charge in [0.1, 0.15) is 24.1 Å². The number of fused-ring (bicyclic) bond motifs is 1. The normalized spacial score (nSPS) is 31.8. The first-order chi connectivity index (χ1) is 9.50. The van der Waals surface area contributed by atoms with Gasteiger partial charge in [0.25, 0.3) is 0 Å². The van der Waals surface area contributed by atoms with Crippen LogP contribution in [0.3, 0.4) is 0 Å². The van der Waals surface area contributed by atoms with E-state index >= 15 is 0 Å². The molecule has 0 spiro atoms. The average Bonchev–Trinajstić information content (AvgIpc) is 2.94. The summed E-state index contributed by atoms with van der Waals surface area (Å²) >= 11 is 0. The fourth-order valence-corrected chi connectivity index (χ4v) is 2.34. The third kappa shape index (κ3) is 1.82. The van der Waals surface area contributed by atoms with Gasteiger partial charge in [0.05, 0.1) is 12.4 Å². The van der Waals surface area contributed by atoms with E-state index in [1.165, 1.54) is 24.1 Å². The van der Waals surface area contributed by atoms with Crippen LogP contribution in [0.15, 0.2) is 12.7 Å². The molecule has 0 bridgehead atoms. The summed E-state index contributed by atoms with van der Waals surface area (Å²) in [7, 11) is 0. The predicted molar refractivity (Wildman–Crippen MR) is 66.2 cm³/mol. The van der Waals surface area contributed by atoms with Crippen LogP contribution in [0.4, 0.5) is 10.2 Å². The standard InChI is InChI=1S/C11H14FN5O3/c1-4(18)8-7(19)5(12)11(20-8)17-3-16-6-9(13)14-2-15-10(6)17/h2-5,7-8,11,18-19H,1H3,(H2,13,14,15)/t4?,5-,7+,8-,11-/m1/s1. The molecular weight excluding hydrogens is 269 g/mol. The lowest BCUT2D eigenvalue weighted by Crippen LogP contribution is -2.35. The van der Waals surface area contributed by atoms with Crippen molar-refractivity contribution in [1.29, 1.82) is 0 Å². The molecule has 5 atom stereocenters. The van der Waals surface area contributed by atoms with Crippen molar-refractivity contribution in [3.8, 4) is 0 Å². The molecule has 20 heavy (non-hydrogen) atoms. The number of hydrogen-bond donors (Lipinski definition) is 3. The van der Waals surface area contributed by atoms with Crippen molar-refractivity contribution in [2.45, 2.75) is 37.6 Å². The van der Waals surface area contributed by atoms with Gasteiger partial charge in [0, 0.05) is 0 Å². The number of rotatable bonds is 2. The molecule has 1 saturated heterocycles.